The average molecular weight is 559 g/mol. The van der Waals surface area contributed by atoms with Crippen molar-refractivity contribution in [1.29, 1.82) is 0 Å². The fraction of sp³-hybridized carbons (Fsp3) is 0.129. The molecular weight excluding hydrogens is 534 g/mol. The number of rotatable bonds is 9. The van der Waals surface area contributed by atoms with Crippen molar-refractivity contribution >= 4 is 45.8 Å². The van der Waals surface area contributed by atoms with E-state index in [9.17, 15) is 9.18 Å². The van der Waals surface area contributed by atoms with E-state index in [4.69, 9.17) is 23.2 Å². The number of hydrogen-bond donors (Lipinski definition) is 2. The molecule has 5 aromatic rings. The van der Waals surface area contributed by atoms with Crippen LogP contribution in [0.4, 0.5) is 10.2 Å². The van der Waals surface area contributed by atoms with Crippen LogP contribution in [0.1, 0.15) is 32.6 Å². The fourth-order valence-corrected chi connectivity index (χ4v) is 4.68. The molecule has 1 aromatic heterocycles. The van der Waals surface area contributed by atoms with Gasteiger partial charge in [0, 0.05) is 41.4 Å². The van der Waals surface area contributed by atoms with Gasteiger partial charge < -0.3 is 10.6 Å². The topological polar surface area (TPSA) is 66.9 Å². The molecule has 0 aliphatic rings. The summed E-state index contributed by atoms with van der Waals surface area (Å²) in [6, 6.07) is 26.1. The molecule has 196 valence electrons. The van der Waals surface area contributed by atoms with Crippen LogP contribution in [-0.4, -0.2) is 15.9 Å². The Labute approximate surface area is 236 Å². The van der Waals surface area contributed by atoms with E-state index in [1.165, 1.54) is 12.4 Å². The number of carbonyl (C=O) groups excluding carboxylic acids is 1. The van der Waals surface area contributed by atoms with E-state index in [1.807, 2.05) is 54.6 Å². The number of benzene rings is 4. The van der Waals surface area contributed by atoms with Crippen molar-refractivity contribution in [3.63, 3.8) is 0 Å². The first-order valence-corrected chi connectivity index (χ1v) is 13.5. The van der Waals surface area contributed by atoms with Crippen LogP contribution in [-0.2, 0) is 24.8 Å². The normalized spacial score (nSPS) is 10.9. The third-order valence-electron chi connectivity index (χ3n) is 6.38. The molecule has 0 saturated carbocycles. The molecule has 0 aliphatic carbocycles. The van der Waals surface area contributed by atoms with Gasteiger partial charge in [-0.25, -0.2) is 14.4 Å². The van der Waals surface area contributed by atoms with E-state index in [-0.39, 0.29) is 24.2 Å². The fourth-order valence-electron chi connectivity index (χ4n) is 4.37. The lowest BCUT2D eigenvalue weighted by Crippen LogP contribution is -2.23. The van der Waals surface area contributed by atoms with Crippen molar-refractivity contribution in [2.24, 2.45) is 0 Å². The van der Waals surface area contributed by atoms with Gasteiger partial charge >= 0.3 is 0 Å². The summed E-state index contributed by atoms with van der Waals surface area (Å²) in [5.74, 6) is 0.527. The molecule has 0 bridgehead atoms. The van der Waals surface area contributed by atoms with Crippen molar-refractivity contribution < 1.29 is 9.18 Å². The predicted molar refractivity (Wildman–Crippen MR) is 155 cm³/mol. The minimum atomic E-state index is -0.399. The average Bonchev–Trinajstić information content (AvgIpc) is 2.99. The van der Waals surface area contributed by atoms with Crippen LogP contribution in [0, 0.1) is 5.82 Å². The van der Waals surface area contributed by atoms with Crippen LogP contribution >= 0.6 is 23.2 Å². The van der Waals surface area contributed by atoms with Gasteiger partial charge in [0.15, 0.2) is 0 Å². The van der Waals surface area contributed by atoms with Gasteiger partial charge in [0.1, 0.15) is 18.0 Å². The number of aromatic nitrogens is 2. The molecule has 0 unspecified atom stereocenters. The van der Waals surface area contributed by atoms with Crippen molar-refractivity contribution in [2.75, 3.05) is 5.32 Å². The molecule has 0 spiro atoms. The Kier molecular flexibility index (Phi) is 8.35. The molecule has 5 nitrogen and oxygen atoms in total. The molecule has 0 radical (unpaired) electrons. The summed E-state index contributed by atoms with van der Waals surface area (Å²) in [5.41, 5.74) is 6.04. The second-order valence-corrected chi connectivity index (χ2v) is 9.62. The van der Waals surface area contributed by atoms with Crippen LogP contribution in [0.2, 0.25) is 0 Å². The second kappa shape index (κ2) is 12.2. The van der Waals surface area contributed by atoms with Crippen LogP contribution in [0.25, 0.3) is 22.0 Å². The Morgan fingerprint density at radius 3 is 2.23 bits per heavy atom. The van der Waals surface area contributed by atoms with Gasteiger partial charge in [-0.15, -0.1) is 23.2 Å². The van der Waals surface area contributed by atoms with Crippen molar-refractivity contribution in [3.05, 3.63) is 125 Å². The monoisotopic (exact) mass is 558 g/mol. The Morgan fingerprint density at radius 2 is 1.49 bits per heavy atom. The van der Waals surface area contributed by atoms with E-state index in [0.717, 1.165) is 44.5 Å². The highest BCUT2D eigenvalue weighted by Crippen LogP contribution is 2.28. The molecule has 2 N–H and O–H groups in total. The molecule has 0 atom stereocenters. The molecule has 5 rings (SSSR count). The third-order valence-corrected chi connectivity index (χ3v) is 7.00. The second-order valence-electron chi connectivity index (χ2n) is 9.09. The summed E-state index contributed by atoms with van der Waals surface area (Å²) in [6.45, 7) is 0.651. The zero-order chi connectivity index (χ0) is 27.2. The van der Waals surface area contributed by atoms with Crippen LogP contribution in [0.3, 0.4) is 0 Å². The predicted octanol–water partition coefficient (Wildman–Crippen LogP) is 7.46. The molecule has 0 saturated heterocycles. The maximum absolute atomic E-state index is 14.7. The summed E-state index contributed by atoms with van der Waals surface area (Å²) >= 11 is 11.9. The lowest BCUT2D eigenvalue weighted by Gasteiger charge is -2.12. The van der Waals surface area contributed by atoms with Crippen molar-refractivity contribution in [2.45, 2.75) is 24.8 Å². The van der Waals surface area contributed by atoms with Gasteiger partial charge in [-0.05, 0) is 64.2 Å². The molecule has 8 heteroatoms. The summed E-state index contributed by atoms with van der Waals surface area (Å²) < 4.78 is 14.7. The molecule has 1 heterocycles. The Hall–Kier alpha value is -4.00. The van der Waals surface area contributed by atoms with Gasteiger partial charge in [0.05, 0.1) is 5.52 Å². The molecular formula is C31H25Cl2FN4O. The quantitative estimate of drug-likeness (QED) is 0.184. The zero-order valence-corrected chi connectivity index (χ0v) is 22.4. The maximum Gasteiger partial charge on any atom is 0.251 e. The highest BCUT2D eigenvalue weighted by Gasteiger charge is 2.12. The number of halogens is 3. The first-order chi connectivity index (χ1) is 19.0. The van der Waals surface area contributed by atoms with Crippen LogP contribution < -0.4 is 10.6 Å². The SMILES string of the molecule is O=C(NCc1cc(-c2ccc3ncnc(NCc4ccccc4)c3c2)ccc1F)c1cc(CCl)cc(CCl)c1. The first kappa shape index (κ1) is 26.6. The summed E-state index contributed by atoms with van der Waals surface area (Å²) in [6.07, 6.45) is 1.53. The Morgan fingerprint density at radius 1 is 0.769 bits per heavy atom. The van der Waals surface area contributed by atoms with Gasteiger partial charge in [0.25, 0.3) is 5.91 Å². The van der Waals surface area contributed by atoms with Gasteiger partial charge in [-0.2, -0.15) is 0 Å². The van der Waals surface area contributed by atoms with Crippen LogP contribution in [0.5, 0.6) is 0 Å². The Bertz CT molecular complexity index is 1610. The minimum Gasteiger partial charge on any atom is -0.365 e. The molecule has 0 fully saturated rings. The molecule has 0 aliphatic heterocycles. The number of nitrogens with zero attached hydrogens (tertiary/aromatic N) is 2. The number of anilines is 1. The van der Waals surface area contributed by atoms with Gasteiger partial charge in [-0.1, -0.05) is 48.5 Å². The number of fused-ring (bicyclic) bond motifs is 1. The van der Waals surface area contributed by atoms with E-state index < -0.39 is 5.82 Å². The molecule has 39 heavy (non-hydrogen) atoms. The molecule has 1 amide bonds. The highest BCUT2D eigenvalue weighted by atomic mass is 35.5. The smallest absolute Gasteiger partial charge is 0.251 e. The van der Waals surface area contributed by atoms with E-state index >= 15 is 0 Å². The standard InChI is InChI=1S/C31H25Cl2FN4O/c32-15-21-10-22(16-33)12-25(11-21)31(39)36-18-26-13-23(6-8-28(26)34)24-7-9-29-27(14-24)30(38-19-37-29)35-17-20-4-2-1-3-5-20/h1-14,19H,15-18H2,(H,36,39)(H,35,37,38). The molecule has 4 aromatic carbocycles. The third kappa shape index (κ3) is 6.36. The Balaban J connectivity index is 1.37. The number of carbonyl (C=O) groups is 1. The summed E-state index contributed by atoms with van der Waals surface area (Å²) in [5, 5.41) is 7.07. The van der Waals surface area contributed by atoms with E-state index in [1.54, 1.807) is 24.3 Å². The summed E-state index contributed by atoms with van der Waals surface area (Å²) in [7, 11) is 0. The highest BCUT2D eigenvalue weighted by molar-refractivity contribution is 6.18. The van der Waals surface area contributed by atoms with Gasteiger partial charge in [-0.3, -0.25) is 4.79 Å². The number of alkyl halides is 2. The first-order valence-electron chi connectivity index (χ1n) is 12.4. The lowest BCUT2D eigenvalue weighted by atomic mass is 10.0. The number of hydrogen-bond acceptors (Lipinski definition) is 4. The van der Waals surface area contributed by atoms with Gasteiger partial charge in [0.2, 0.25) is 0 Å². The van der Waals surface area contributed by atoms with Crippen LogP contribution in [0.15, 0.2) is 91.3 Å². The van der Waals surface area contributed by atoms with E-state index in [0.29, 0.717) is 17.7 Å². The van der Waals surface area contributed by atoms with Crippen molar-refractivity contribution in [1.82, 2.24) is 15.3 Å². The number of nitrogens with one attached hydrogen (secondary N) is 2. The summed E-state index contributed by atoms with van der Waals surface area (Å²) in [4.78, 5) is 21.7. The maximum atomic E-state index is 14.7. The van der Waals surface area contributed by atoms with Crippen molar-refractivity contribution in [3.8, 4) is 11.1 Å². The van der Waals surface area contributed by atoms with E-state index in [2.05, 4.69) is 20.6 Å². The lowest BCUT2D eigenvalue weighted by molar-refractivity contribution is 0.0950. The minimum absolute atomic E-state index is 0.0282. The number of amides is 1. The largest absolute Gasteiger partial charge is 0.365 e. The zero-order valence-electron chi connectivity index (χ0n) is 20.9.